The van der Waals surface area contributed by atoms with E-state index in [-0.39, 0.29) is 11.1 Å². The Morgan fingerprint density at radius 3 is 2.14 bits per heavy atom. The van der Waals surface area contributed by atoms with Crippen molar-refractivity contribution >= 4 is 16.7 Å². The van der Waals surface area contributed by atoms with Gasteiger partial charge in [-0.15, -0.1) is 0 Å². The van der Waals surface area contributed by atoms with Gasteiger partial charge in [-0.3, -0.25) is 19.4 Å². The van der Waals surface area contributed by atoms with E-state index < -0.39 is 16.8 Å². The van der Waals surface area contributed by atoms with Crippen molar-refractivity contribution in [2.75, 3.05) is 0 Å². The van der Waals surface area contributed by atoms with Crippen LogP contribution in [0, 0.1) is 0 Å². The van der Waals surface area contributed by atoms with Crippen LogP contribution in [0.15, 0.2) is 63.4 Å². The van der Waals surface area contributed by atoms with Crippen molar-refractivity contribution in [1.29, 1.82) is 0 Å². The number of fused-ring (bicyclic) bond motifs is 1. The van der Waals surface area contributed by atoms with E-state index in [9.17, 15) is 14.4 Å². The molecular weight excluding hydrogens is 270 g/mol. The SMILES string of the molecule is O=C(NN=c1c(=O)c2ccccc2c1=O)c1ccccn1. The zero-order chi connectivity index (χ0) is 14.8. The minimum Gasteiger partial charge on any atom is -0.287 e. The normalized spacial score (nSPS) is 10.5. The Morgan fingerprint density at radius 1 is 0.952 bits per heavy atom. The number of amides is 1. The van der Waals surface area contributed by atoms with Crippen LogP contribution < -0.4 is 21.6 Å². The van der Waals surface area contributed by atoms with Gasteiger partial charge in [0, 0.05) is 17.0 Å². The van der Waals surface area contributed by atoms with Gasteiger partial charge in [-0.05, 0) is 12.1 Å². The summed E-state index contributed by atoms with van der Waals surface area (Å²) < 4.78 is 0. The molecule has 0 aliphatic carbocycles. The number of rotatable bonds is 2. The number of aromatic nitrogens is 1. The number of benzene rings is 1. The fraction of sp³-hybridized carbons (Fsp3) is 0. The number of hydrogen-bond acceptors (Lipinski definition) is 5. The number of nitrogens with one attached hydrogen (secondary N) is 1. The van der Waals surface area contributed by atoms with Crippen molar-refractivity contribution in [2.24, 2.45) is 5.10 Å². The maximum atomic E-state index is 12.0. The summed E-state index contributed by atoms with van der Waals surface area (Å²) in [6.45, 7) is 0. The fourth-order valence-electron chi connectivity index (χ4n) is 2.00. The van der Waals surface area contributed by atoms with Crippen LogP contribution in [0.25, 0.3) is 10.8 Å². The lowest BCUT2D eigenvalue weighted by Crippen LogP contribution is -2.35. The predicted molar refractivity (Wildman–Crippen MR) is 76.1 cm³/mol. The summed E-state index contributed by atoms with van der Waals surface area (Å²) in [7, 11) is 0. The molecule has 0 saturated heterocycles. The Morgan fingerprint density at radius 2 is 1.57 bits per heavy atom. The van der Waals surface area contributed by atoms with E-state index in [0.29, 0.717) is 10.8 Å². The largest absolute Gasteiger partial charge is 0.289 e. The molecule has 1 amide bonds. The minimum atomic E-state index is -0.584. The van der Waals surface area contributed by atoms with Crippen LogP contribution >= 0.6 is 0 Å². The highest BCUT2D eigenvalue weighted by Crippen LogP contribution is 2.01. The Balaban J connectivity index is 2.04. The van der Waals surface area contributed by atoms with Crippen molar-refractivity contribution in [3.63, 3.8) is 0 Å². The Labute approximate surface area is 118 Å². The summed E-state index contributed by atoms with van der Waals surface area (Å²) in [5, 5.41) is 3.96. The van der Waals surface area contributed by atoms with Crippen molar-refractivity contribution in [3.05, 3.63) is 80.2 Å². The molecule has 1 heterocycles. The van der Waals surface area contributed by atoms with Crippen LogP contribution in [-0.4, -0.2) is 10.9 Å². The van der Waals surface area contributed by atoms with Gasteiger partial charge in [0.25, 0.3) is 5.91 Å². The summed E-state index contributed by atoms with van der Waals surface area (Å²) in [6, 6.07) is 11.3. The molecule has 0 fully saturated rings. The second-order valence-electron chi connectivity index (χ2n) is 4.32. The van der Waals surface area contributed by atoms with Gasteiger partial charge in [-0.2, -0.15) is 5.10 Å². The van der Waals surface area contributed by atoms with Gasteiger partial charge in [-0.1, -0.05) is 30.3 Å². The molecule has 0 unspecified atom stereocenters. The highest BCUT2D eigenvalue weighted by atomic mass is 16.2. The van der Waals surface area contributed by atoms with Gasteiger partial charge in [-0.25, -0.2) is 5.43 Å². The van der Waals surface area contributed by atoms with E-state index in [2.05, 4.69) is 15.5 Å². The molecule has 0 bridgehead atoms. The molecule has 3 rings (SSSR count). The first kappa shape index (κ1) is 12.9. The minimum absolute atomic E-state index is 0.150. The maximum Gasteiger partial charge on any atom is 0.289 e. The summed E-state index contributed by atoms with van der Waals surface area (Å²) in [6.07, 6.45) is 1.46. The number of hydrogen-bond donors (Lipinski definition) is 1. The first-order chi connectivity index (χ1) is 10.2. The van der Waals surface area contributed by atoms with E-state index in [1.807, 2.05) is 0 Å². The Bertz CT molecular complexity index is 921. The van der Waals surface area contributed by atoms with Crippen molar-refractivity contribution in [3.8, 4) is 0 Å². The van der Waals surface area contributed by atoms with E-state index >= 15 is 0 Å². The lowest BCUT2D eigenvalue weighted by molar-refractivity contribution is 0.0948. The zero-order valence-corrected chi connectivity index (χ0v) is 10.7. The van der Waals surface area contributed by atoms with E-state index in [4.69, 9.17) is 0 Å². The van der Waals surface area contributed by atoms with Crippen LogP contribution in [-0.2, 0) is 0 Å². The molecule has 3 aromatic rings. The second-order valence-corrected chi connectivity index (χ2v) is 4.32. The lowest BCUT2D eigenvalue weighted by Gasteiger charge is -1.96. The standard InChI is InChI=1S/C15H9N3O3/c19-13-9-5-1-2-6-10(9)14(20)12(13)17-18-15(21)11-7-3-4-8-16-11/h1-8H,(H,18,21). The van der Waals surface area contributed by atoms with E-state index in [0.717, 1.165) is 0 Å². The lowest BCUT2D eigenvalue weighted by atomic mass is 10.2. The van der Waals surface area contributed by atoms with Gasteiger partial charge in [0.05, 0.1) is 0 Å². The third-order valence-corrected chi connectivity index (χ3v) is 3.01. The molecule has 0 radical (unpaired) electrons. The number of carbonyl (C=O) groups is 1. The molecular formula is C15H9N3O3. The summed E-state index contributed by atoms with van der Waals surface area (Å²) in [5.41, 5.74) is 1.35. The van der Waals surface area contributed by atoms with Crippen molar-refractivity contribution < 1.29 is 4.79 Å². The van der Waals surface area contributed by atoms with Gasteiger partial charge in [0.2, 0.25) is 10.9 Å². The second kappa shape index (κ2) is 5.09. The average Bonchev–Trinajstić information content (AvgIpc) is 2.78. The molecule has 1 aromatic heterocycles. The number of carbonyl (C=O) groups excluding carboxylic acids is 1. The number of pyridine rings is 1. The fourth-order valence-corrected chi connectivity index (χ4v) is 2.00. The smallest absolute Gasteiger partial charge is 0.287 e. The molecule has 0 saturated carbocycles. The molecule has 21 heavy (non-hydrogen) atoms. The first-order valence-corrected chi connectivity index (χ1v) is 6.16. The molecule has 2 aromatic carbocycles. The molecule has 102 valence electrons. The van der Waals surface area contributed by atoms with Crippen LogP contribution in [0.3, 0.4) is 0 Å². The first-order valence-electron chi connectivity index (χ1n) is 6.16. The van der Waals surface area contributed by atoms with Crippen molar-refractivity contribution in [1.82, 2.24) is 10.4 Å². The topological polar surface area (TPSA) is 88.5 Å². The third kappa shape index (κ3) is 2.23. The van der Waals surface area contributed by atoms with Gasteiger partial charge in [0.1, 0.15) is 5.69 Å². The quantitative estimate of drug-likeness (QED) is 0.673. The predicted octanol–water partition coefficient (Wildman–Crippen LogP) is 0.0765. The molecule has 0 atom stereocenters. The molecule has 1 N–H and O–H groups in total. The molecule has 6 nitrogen and oxygen atoms in total. The van der Waals surface area contributed by atoms with Gasteiger partial charge < -0.3 is 0 Å². The summed E-state index contributed by atoms with van der Waals surface area (Å²) in [4.78, 5) is 39.7. The van der Waals surface area contributed by atoms with Crippen LogP contribution in [0.4, 0.5) is 0 Å². The molecule has 0 spiro atoms. The average molecular weight is 279 g/mol. The molecule has 0 aliphatic rings. The highest BCUT2D eigenvalue weighted by molar-refractivity contribution is 5.91. The van der Waals surface area contributed by atoms with Crippen LogP contribution in [0.5, 0.6) is 0 Å². The third-order valence-electron chi connectivity index (χ3n) is 3.01. The molecule has 0 aliphatic heterocycles. The molecule has 6 heteroatoms. The van der Waals surface area contributed by atoms with Crippen molar-refractivity contribution in [2.45, 2.75) is 0 Å². The van der Waals surface area contributed by atoms with E-state index in [1.165, 1.54) is 12.3 Å². The Hall–Kier alpha value is -3.15. The van der Waals surface area contributed by atoms with Gasteiger partial charge in [0.15, 0.2) is 5.36 Å². The highest BCUT2D eigenvalue weighted by Gasteiger charge is 2.11. The number of nitrogens with zero attached hydrogens (tertiary/aromatic N) is 2. The maximum absolute atomic E-state index is 12.0. The van der Waals surface area contributed by atoms with Crippen LogP contribution in [0.2, 0.25) is 0 Å². The van der Waals surface area contributed by atoms with Gasteiger partial charge >= 0.3 is 0 Å². The monoisotopic (exact) mass is 279 g/mol. The van der Waals surface area contributed by atoms with E-state index in [1.54, 1.807) is 36.4 Å². The summed E-state index contributed by atoms with van der Waals surface area (Å²) >= 11 is 0. The van der Waals surface area contributed by atoms with Crippen LogP contribution in [0.1, 0.15) is 10.5 Å². The zero-order valence-electron chi connectivity index (χ0n) is 10.7. The Kier molecular flexibility index (Phi) is 3.12. The summed E-state index contributed by atoms with van der Waals surface area (Å²) in [5.74, 6) is -0.584.